The number of hydrogen-bond donors (Lipinski definition) is 1. The summed E-state index contributed by atoms with van der Waals surface area (Å²) in [6.07, 6.45) is 1.19. The molecule has 1 saturated heterocycles. The molecule has 0 bridgehead atoms. The predicted molar refractivity (Wildman–Crippen MR) is 84.5 cm³/mol. The third kappa shape index (κ3) is 3.96. The normalized spacial score (nSPS) is 19.6. The molecule has 2 rings (SSSR count). The highest BCUT2D eigenvalue weighted by Crippen LogP contribution is 2.24. The lowest BCUT2D eigenvalue weighted by Crippen LogP contribution is -2.48. The largest absolute Gasteiger partial charge is 0.369 e. The number of rotatable bonds is 5. The summed E-state index contributed by atoms with van der Waals surface area (Å²) in [6, 6.07) is -0.463. The van der Waals surface area contributed by atoms with Gasteiger partial charge in [0.2, 0.25) is 5.91 Å². The van der Waals surface area contributed by atoms with Gasteiger partial charge in [0.1, 0.15) is 12.1 Å². The number of aryl methyl sites for hydroxylation is 1. The van der Waals surface area contributed by atoms with Crippen LogP contribution in [0.4, 0.5) is 5.13 Å². The lowest BCUT2D eigenvalue weighted by Gasteiger charge is -2.25. The summed E-state index contributed by atoms with van der Waals surface area (Å²) >= 11 is 2.99. The first-order valence-corrected chi connectivity index (χ1v) is 8.73. The number of ether oxygens (including phenoxy) is 1. The monoisotopic (exact) mass is 329 g/mol. The van der Waals surface area contributed by atoms with Crippen LogP contribution in [-0.2, 0) is 14.3 Å². The zero-order chi connectivity index (χ0) is 15.4. The van der Waals surface area contributed by atoms with Crippen LogP contribution >= 0.6 is 23.1 Å². The van der Waals surface area contributed by atoms with Crippen molar-refractivity contribution in [3.8, 4) is 0 Å². The van der Waals surface area contributed by atoms with Crippen LogP contribution < -0.4 is 5.32 Å². The zero-order valence-electron chi connectivity index (χ0n) is 12.3. The molecule has 0 radical (unpaired) electrons. The van der Waals surface area contributed by atoms with Gasteiger partial charge in [0.25, 0.3) is 5.91 Å². The number of amides is 2. The minimum atomic E-state index is -0.522. The van der Waals surface area contributed by atoms with Gasteiger partial charge in [0, 0.05) is 23.4 Å². The van der Waals surface area contributed by atoms with E-state index >= 15 is 0 Å². The Bertz CT molecular complexity index is 521. The highest BCUT2D eigenvalue weighted by atomic mass is 32.2. The van der Waals surface area contributed by atoms with Crippen LogP contribution in [0.1, 0.15) is 18.7 Å². The smallest absolute Gasteiger partial charge is 0.252 e. The highest BCUT2D eigenvalue weighted by molar-refractivity contribution is 7.99. The molecule has 0 aliphatic carbocycles. The van der Waals surface area contributed by atoms with E-state index in [4.69, 9.17) is 4.74 Å². The molecule has 1 aromatic rings. The maximum Gasteiger partial charge on any atom is 0.252 e. The van der Waals surface area contributed by atoms with Gasteiger partial charge in [0.05, 0.1) is 5.88 Å². The minimum absolute atomic E-state index is 0.141. The molecule has 2 atom stereocenters. The third-order valence-corrected chi connectivity index (χ3v) is 4.92. The Kier molecular flexibility index (Phi) is 5.60. The van der Waals surface area contributed by atoms with Gasteiger partial charge in [0.15, 0.2) is 5.13 Å². The second-order valence-corrected chi connectivity index (χ2v) is 6.92. The van der Waals surface area contributed by atoms with Crippen molar-refractivity contribution in [2.75, 3.05) is 23.6 Å². The molecule has 2 heterocycles. The van der Waals surface area contributed by atoms with E-state index in [9.17, 15) is 9.59 Å². The quantitative estimate of drug-likeness (QED) is 0.890. The van der Waals surface area contributed by atoms with Gasteiger partial charge in [-0.15, -0.1) is 23.1 Å². The summed E-state index contributed by atoms with van der Waals surface area (Å²) in [6.45, 7) is 5.97. The van der Waals surface area contributed by atoms with Crippen LogP contribution in [0.5, 0.6) is 0 Å². The van der Waals surface area contributed by atoms with E-state index in [1.54, 1.807) is 29.8 Å². The summed E-state index contributed by atoms with van der Waals surface area (Å²) in [5, 5.41) is 3.35. The second-order valence-electron chi connectivity index (χ2n) is 4.69. The Morgan fingerprint density at radius 3 is 3.00 bits per heavy atom. The fourth-order valence-electron chi connectivity index (χ4n) is 2.03. The number of nitrogens with one attached hydrogen (secondary N) is 1. The summed E-state index contributed by atoms with van der Waals surface area (Å²) in [4.78, 5) is 31.4. The molecule has 1 aliphatic heterocycles. The Labute approximate surface area is 132 Å². The molecule has 1 fully saturated rings. The van der Waals surface area contributed by atoms with Gasteiger partial charge in [-0.3, -0.25) is 9.59 Å². The van der Waals surface area contributed by atoms with Gasteiger partial charge < -0.3 is 15.0 Å². The summed E-state index contributed by atoms with van der Waals surface area (Å²) in [5.41, 5.74) is 0. The van der Waals surface area contributed by atoms with Gasteiger partial charge in [-0.05, 0) is 20.8 Å². The lowest BCUT2D eigenvalue weighted by molar-refractivity contribution is -0.145. The first-order valence-electron chi connectivity index (χ1n) is 6.76. The molecule has 0 aromatic carbocycles. The third-order valence-electron chi connectivity index (χ3n) is 3.08. The Morgan fingerprint density at radius 1 is 1.62 bits per heavy atom. The Balaban J connectivity index is 2.00. The summed E-state index contributed by atoms with van der Waals surface area (Å²) < 4.78 is 5.32. The number of thioether (sulfide) groups is 1. The molecule has 116 valence electrons. The highest BCUT2D eigenvalue weighted by Gasteiger charge is 2.36. The first-order chi connectivity index (χ1) is 10.0. The zero-order valence-corrected chi connectivity index (χ0v) is 13.9. The number of nitrogens with zero attached hydrogens (tertiary/aromatic N) is 2. The van der Waals surface area contributed by atoms with E-state index in [0.717, 1.165) is 4.88 Å². The van der Waals surface area contributed by atoms with Crippen molar-refractivity contribution in [2.45, 2.75) is 32.9 Å². The molecular formula is C13H19N3O3S2. The molecule has 0 unspecified atom stereocenters. The topological polar surface area (TPSA) is 71.5 Å². The molecule has 0 spiro atoms. The molecule has 1 aromatic heterocycles. The number of hydrogen-bond acceptors (Lipinski definition) is 6. The molecular weight excluding hydrogens is 310 g/mol. The lowest BCUT2D eigenvalue weighted by atomic mass is 10.2. The average Bonchev–Trinajstić information content (AvgIpc) is 3.07. The molecule has 8 heteroatoms. The van der Waals surface area contributed by atoms with E-state index in [0.29, 0.717) is 23.4 Å². The Hall–Kier alpha value is -1.12. The number of carbonyl (C=O) groups excluding carboxylic acids is 2. The molecule has 2 amide bonds. The number of aromatic nitrogens is 1. The van der Waals surface area contributed by atoms with E-state index in [2.05, 4.69) is 10.3 Å². The fraction of sp³-hybridized carbons (Fsp3) is 0.615. The van der Waals surface area contributed by atoms with Crippen molar-refractivity contribution >= 4 is 40.0 Å². The standard InChI is InChI=1S/C13H19N3O3S2/c1-4-19-9(3)12(18)16-7-20-6-10(16)11(17)15-13-14-5-8(2)21-13/h5,9-10H,4,6-7H2,1-3H3,(H,14,15,17)/t9-,10-/m1/s1. The number of carbonyl (C=O) groups is 2. The second kappa shape index (κ2) is 7.24. The fourth-order valence-corrected chi connectivity index (χ4v) is 3.86. The average molecular weight is 329 g/mol. The van der Waals surface area contributed by atoms with E-state index in [-0.39, 0.29) is 11.8 Å². The maximum absolute atomic E-state index is 12.3. The van der Waals surface area contributed by atoms with E-state index < -0.39 is 12.1 Å². The van der Waals surface area contributed by atoms with E-state index in [1.165, 1.54) is 11.3 Å². The van der Waals surface area contributed by atoms with Crippen molar-refractivity contribution in [2.24, 2.45) is 0 Å². The summed E-state index contributed by atoms with van der Waals surface area (Å²) in [7, 11) is 0. The van der Waals surface area contributed by atoms with Crippen molar-refractivity contribution in [3.05, 3.63) is 11.1 Å². The van der Waals surface area contributed by atoms with Gasteiger partial charge in [-0.25, -0.2) is 4.98 Å². The molecule has 0 saturated carbocycles. The van der Waals surface area contributed by atoms with Crippen molar-refractivity contribution in [3.63, 3.8) is 0 Å². The molecule has 1 aliphatic rings. The maximum atomic E-state index is 12.3. The van der Waals surface area contributed by atoms with Gasteiger partial charge >= 0.3 is 0 Å². The first kappa shape index (κ1) is 16.3. The SMILES string of the molecule is CCO[C@H](C)C(=O)N1CSC[C@@H]1C(=O)Nc1ncc(C)s1. The predicted octanol–water partition coefficient (Wildman–Crippen LogP) is 1.72. The van der Waals surface area contributed by atoms with Crippen LogP contribution in [0.3, 0.4) is 0 Å². The van der Waals surface area contributed by atoms with Gasteiger partial charge in [-0.1, -0.05) is 0 Å². The molecule has 21 heavy (non-hydrogen) atoms. The van der Waals surface area contributed by atoms with Crippen LogP contribution in [-0.4, -0.2) is 52.1 Å². The van der Waals surface area contributed by atoms with Crippen molar-refractivity contribution < 1.29 is 14.3 Å². The van der Waals surface area contributed by atoms with Crippen molar-refractivity contribution in [1.82, 2.24) is 9.88 Å². The Morgan fingerprint density at radius 2 is 2.38 bits per heavy atom. The van der Waals surface area contributed by atoms with Crippen LogP contribution in [0.25, 0.3) is 0 Å². The molecule has 1 N–H and O–H groups in total. The van der Waals surface area contributed by atoms with Crippen LogP contribution in [0, 0.1) is 6.92 Å². The van der Waals surface area contributed by atoms with Gasteiger partial charge in [-0.2, -0.15) is 0 Å². The van der Waals surface area contributed by atoms with E-state index in [1.807, 2.05) is 13.8 Å². The number of thiazole rings is 1. The van der Waals surface area contributed by atoms with Crippen LogP contribution in [0.15, 0.2) is 6.20 Å². The van der Waals surface area contributed by atoms with Crippen molar-refractivity contribution in [1.29, 1.82) is 0 Å². The van der Waals surface area contributed by atoms with Crippen LogP contribution in [0.2, 0.25) is 0 Å². The number of anilines is 1. The summed E-state index contributed by atoms with van der Waals surface area (Å²) in [5.74, 6) is 0.787. The molecule has 6 nitrogen and oxygen atoms in total. The minimum Gasteiger partial charge on any atom is -0.369 e.